The summed E-state index contributed by atoms with van der Waals surface area (Å²) in [6.07, 6.45) is 4.52. The first-order chi connectivity index (χ1) is 10.3. The molecule has 116 valence electrons. The van der Waals surface area contributed by atoms with E-state index in [-0.39, 0.29) is 0 Å². The van der Waals surface area contributed by atoms with Gasteiger partial charge in [-0.1, -0.05) is 36.7 Å². The lowest BCUT2D eigenvalue weighted by molar-refractivity contribution is -0.0390. The molecule has 0 aliphatic carbocycles. The van der Waals surface area contributed by atoms with Crippen LogP contribution in [0.3, 0.4) is 0 Å². The highest BCUT2D eigenvalue weighted by atomic mass is 35.5. The van der Waals surface area contributed by atoms with Crippen LogP contribution in [0.25, 0.3) is 0 Å². The largest absolute Gasteiger partial charge is 0.372 e. The third-order valence-corrected chi connectivity index (χ3v) is 4.93. The van der Waals surface area contributed by atoms with Crippen LogP contribution < -0.4 is 5.32 Å². The molecule has 0 saturated carbocycles. The van der Waals surface area contributed by atoms with E-state index in [0.717, 1.165) is 37.6 Å². The molecule has 1 aromatic rings. The molecule has 2 aliphatic rings. The van der Waals surface area contributed by atoms with E-state index in [2.05, 4.69) is 29.3 Å². The lowest BCUT2D eigenvalue weighted by Crippen LogP contribution is -2.43. The number of nitrogens with one attached hydrogen (secondary N) is 1. The van der Waals surface area contributed by atoms with Crippen molar-refractivity contribution in [2.75, 3.05) is 26.2 Å². The van der Waals surface area contributed by atoms with E-state index in [1.54, 1.807) is 0 Å². The zero-order valence-corrected chi connectivity index (χ0v) is 13.5. The van der Waals surface area contributed by atoms with Gasteiger partial charge in [-0.3, -0.25) is 4.90 Å². The Morgan fingerprint density at radius 3 is 2.67 bits per heavy atom. The molecule has 21 heavy (non-hydrogen) atoms. The summed E-state index contributed by atoms with van der Waals surface area (Å²) in [7, 11) is 0. The molecular formula is C17H25ClN2O. The van der Waals surface area contributed by atoms with Gasteiger partial charge in [0.05, 0.1) is 12.2 Å². The van der Waals surface area contributed by atoms with Crippen LogP contribution in [-0.2, 0) is 4.74 Å². The van der Waals surface area contributed by atoms with E-state index < -0.39 is 0 Å². The Hall–Kier alpha value is -0.610. The number of hydrogen-bond donors (Lipinski definition) is 1. The van der Waals surface area contributed by atoms with Crippen LogP contribution >= 0.6 is 11.6 Å². The summed E-state index contributed by atoms with van der Waals surface area (Å²) < 4.78 is 5.91. The summed E-state index contributed by atoms with van der Waals surface area (Å²) in [4.78, 5) is 2.56. The zero-order chi connectivity index (χ0) is 14.7. The molecule has 0 radical (unpaired) electrons. The molecule has 1 N–H and O–H groups in total. The number of nitrogens with zero attached hydrogens (tertiary/aromatic N) is 1. The van der Waals surface area contributed by atoms with Crippen LogP contribution in [0.5, 0.6) is 0 Å². The molecule has 2 saturated heterocycles. The zero-order valence-electron chi connectivity index (χ0n) is 12.7. The molecule has 3 nitrogen and oxygen atoms in total. The first kappa shape index (κ1) is 15.3. The van der Waals surface area contributed by atoms with Crippen molar-refractivity contribution in [1.29, 1.82) is 0 Å². The van der Waals surface area contributed by atoms with Gasteiger partial charge in [-0.25, -0.2) is 0 Å². The van der Waals surface area contributed by atoms with Gasteiger partial charge in [0, 0.05) is 30.7 Å². The number of morpholine rings is 1. The maximum absolute atomic E-state index is 6.36. The minimum Gasteiger partial charge on any atom is -0.372 e. The van der Waals surface area contributed by atoms with Crippen molar-refractivity contribution in [2.24, 2.45) is 0 Å². The van der Waals surface area contributed by atoms with E-state index >= 15 is 0 Å². The molecule has 0 amide bonds. The van der Waals surface area contributed by atoms with Crippen LogP contribution in [0, 0.1) is 0 Å². The smallest absolute Gasteiger partial charge is 0.0707 e. The van der Waals surface area contributed by atoms with Gasteiger partial charge in [-0.15, -0.1) is 0 Å². The van der Waals surface area contributed by atoms with Crippen molar-refractivity contribution >= 4 is 11.6 Å². The second-order valence-corrected chi connectivity index (χ2v) is 6.54. The maximum atomic E-state index is 6.36. The van der Waals surface area contributed by atoms with Crippen molar-refractivity contribution in [3.05, 3.63) is 34.9 Å². The lowest BCUT2D eigenvalue weighted by Gasteiger charge is -2.33. The van der Waals surface area contributed by atoms with Crippen molar-refractivity contribution in [3.63, 3.8) is 0 Å². The number of ether oxygens (including phenoxy) is 1. The Morgan fingerprint density at radius 2 is 2.00 bits per heavy atom. The highest BCUT2D eigenvalue weighted by Gasteiger charge is 2.33. The Balaban J connectivity index is 1.59. The van der Waals surface area contributed by atoms with E-state index in [4.69, 9.17) is 16.3 Å². The maximum Gasteiger partial charge on any atom is 0.0707 e. The van der Waals surface area contributed by atoms with Gasteiger partial charge >= 0.3 is 0 Å². The minimum absolute atomic E-state index is 0.337. The second-order valence-electron chi connectivity index (χ2n) is 6.14. The molecule has 3 atom stereocenters. The minimum atomic E-state index is 0.337. The monoisotopic (exact) mass is 308 g/mol. The Bertz CT molecular complexity index is 456. The van der Waals surface area contributed by atoms with Crippen LogP contribution in [0.15, 0.2) is 24.3 Å². The molecule has 3 rings (SSSR count). The Kier molecular flexibility index (Phi) is 5.17. The Morgan fingerprint density at radius 1 is 1.29 bits per heavy atom. The third-order valence-electron chi connectivity index (χ3n) is 4.58. The van der Waals surface area contributed by atoms with Gasteiger partial charge < -0.3 is 10.1 Å². The molecule has 2 fully saturated rings. The van der Waals surface area contributed by atoms with Crippen molar-refractivity contribution in [3.8, 4) is 0 Å². The van der Waals surface area contributed by atoms with Gasteiger partial charge in [0.1, 0.15) is 0 Å². The van der Waals surface area contributed by atoms with Crippen molar-refractivity contribution in [1.82, 2.24) is 10.2 Å². The topological polar surface area (TPSA) is 24.5 Å². The molecule has 2 bridgehead atoms. The number of likely N-dealkylation sites (tertiary alicyclic amines) is 1. The summed E-state index contributed by atoms with van der Waals surface area (Å²) in [6, 6.07) is 8.52. The first-order valence-electron chi connectivity index (χ1n) is 8.12. The van der Waals surface area contributed by atoms with Gasteiger partial charge in [0.25, 0.3) is 0 Å². The van der Waals surface area contributed by atoms with Crippen LogP contribution in [0.1, 0.15) is 37.8 Å². The third kappa shape index (κ3) is 3.78. The van der Waals surface area contributed by atoms with Gasteiger partial charge in [0.2, 0.25) is 0 Å². The fraction of sp³-hybridized carbons (Fsp3) is 0.647. The molecule has 2 aliphatic heterocycles. The van der Waals surface area contributed by atoms with Crippen LogP contribution in [0.4, 0.5) is 0 Å². The van der Waals surface area contributed by atoms with Crippen molar-refractivity contribution in [2.45, 2.75) is 44.4 Å². The quantitative estimate of drug-likeness (QED) is 0.873. The summed E-state index contributed by atoms with van der Waals surface area (Å²) in [5, 5.41) is 4.44. The molecule has 0 spiro atoms. The molecule has 2 heterocycles. The van der Waals surface area contributed by atoms with Gasteiger partial charge in [-0.2, -0.15) is 0 Å². The fourth-order valence-electron chi connectivity index (χ4n) is 3.57. The fourth-order valence-corrected chi connectivity index (χ4v) is 3.83. The first-order valence-corrected chi connectivity index (χ1v) is 8.49. The molecule has 4 heteroatoms. The number of fused-ring (bicyclic) bond motifs is 2. The van der Waals surface area contributed by atoms with E-state index in [1.165, 1.54) is 18.4 Å². The number of rotatable bonds is 6. The SMILES string of the molecule is CCNC(CCN1CC2CCC(C1)O2)c1ccccc1Cl. The van der Waals surface area contributed by atoms with E-state index in [0.29, 0.717) is 18.2 Å². The lowest BCUT2D eigenvalue weighted by atomic mass is 10.0. The summed E-state index contributed by atoms with van der Waals surface area (Å²) in [5.41, 5.74) is 1.22. The highest BCUT2D eigenvalue weighted by molar-refractivity contribution is 6.31. The summed E-state index contributed by atoms with van der Waals surface area (Å²) in [5.74, 6) is 0. The normalized spacial score (nSPS) is 27.0. The standard InChI is InChI=1S/C17H25ClN2O/c1-2-19-17(15-5-3-4-6-16(15)18)9-10-20-11-13-7-8-14(12-20)21-13/h3-6,13-14,17,19H,2,7-12H2,1H3. The highest BCUT2D eigenvalue weighted by Crippen LogP contribution is 2.28. The van der Waals surface area contributed by atoms with E-state index in [9.17, 15) is 0 Å². The van der Waals surface area contributed by atoms with Crippen LogP contribution in [-0.4, -0.2) is 43.3 Å². The van der Waals surface area contributed by atoms with Crippen LogP contribution in [0.2, 0.25) is 5.02 Å². The summed E-state index contributed by atoms with van der Waals surface area (Å²) in [6.45, 7) is 6.41. The average molecular weight is 309 g/mol. The average Bonchev–Trinajstić information content (AvgIpc) is 2.83. The predicted molar refractivity (Wildman–Crippen MR) is 86.8 cm³/mol. The molecule has 3 unspecified atom stereocenters. The molecule has 0 aromatic heterocycles. The number of halogens is 1. The number of benzene rings is 1. The van der Waals surface area contributed by atoms with Gasteiger partial charge in [-0.05, 0) is 37.4 Å². The molecule has 1 aromatic carbocycles. The number of hydrogen-bond acceptors (Lipinski definition) is 3. The van der Waals surface area contributed by atoms with Crippen molar-refractivity contribution < 1.29 is 4.74 Å². The van der Waals surface area contributed by atoms with E-state index in [1.807, 2.05) is 12.1 Å². The molecular weight excluding hydrogens is 284 g/mol. The second kappa shape index (κ2) is 7.10. The summed E-state index contributed by atoms with van der Waals surface area (Å²) >= 11 is 6.36. The Labute approximate surface area is 132 Å². The predicted octanol–water partition coefficient (Wildman–Crippen LogP) is 3.24. The van der Waals surface area contributed by atoms with Gasteiger partial charge in [0.15, 0.2) is 0 Å².